The van der Waals surface area contributed by atoms with Crippen molar-refractivity contribution in [1.29, 1.82) is 0 Å². The summed E-state index contributed by atoms with van der Waals surface area (Å²) in [7, 11) is 0. The van der Waals surface area contributed by atoms with Gasteiger partial charge in [0.05, 0.1) is 0 Å². The lowest BCUT2D eigenvalue weighted by Crippen LogP contribution is -2.37. The van der Waals surface area contributed by atoms with Gasteiger partial charge >= 0.3 is 6.61 Å². The highest BCUT2D eigenvalue weighted by Crippen LogP contribution is 2.39. The Morgan fingerprint density at radius 3 is 2.43 bits per heavy atom. The van der Waals surface area contributed by atoms with Crippen LogP contribution in [0.25, 0.3) is 0 Å². The van der Waals surface area contributed by atoms with E-state index in [1.807, 2.05) is 0 Å². The summed E-state index contributed by atoms with van der Waals surface area (Å²) in [5.74, 6) is -0.139. The number of amides is 1. The second-order valence-electron chi connectivity index (χ2n) is 5.43. The van der Waals surface area contributed by atoms with E-state index in [2.05, 4.69) is 26.0 Å². The predicted octanol–water partition coefficient (Wildman–Crippen LogP) is 3.97. The minimum atomic E-state index is -2.86. The number of hydrogen-bond donors (Lipinski definition) is 1. The molecular formula is C15H18BrF2NO2. The van der Waals surface area contributed by atoms with Crippen molar-refractivity contribution in [2.75, 3.05) is 11.9 Å². The highest BCUT2D eigenvalue weighted by Gasteiger charge is 2.33. The normalized spacial score (nSPS) is 17.0. The van der Waals surface area contributed by atoms with E-state index in [9.17, 15) is 13.6 Å². The number of rotatable bonds is 6. The molecule has 21 heavy (non-hydrogen) atoms. The third-order valence-corrected chi connectivity index (χ3v) is 5.10. The first-order chi connectivity index (χ1) is 10.0. The molecule has 0 aromatic heterocycles. The number of alkyl halides is 3. The first-order valence-corrected chi connectivity index (χ1v) is 8.06. The van der Waals surface area contributed by atoms with E-state index in [-0.39, 0.29) is 17.1 Å². The Hall–Kier alpha value is -1.17. The van der Waals surface area contributed by atoms with Gasteiger partial charge in [0.1, 0.15) is 5.75 Å². The van der Waals surface area contributed by atoms with E-state index in [4.69, 9.17) is 0 Å². The highest BCUT2D eigenvalue weighted by molar-refractivity contribution is 9.09. The zero-order chi connectivity index (χ0) is 15.3. The molecular weight excluding hydrogens is 344 g/mol. The van der Waals surface area contributed by atoms with E-state index < -0.39 is 6.61 Å². The molecule has 0 aliphatic heterocycles. The van der Waals surface area contributed by atoms with Crippen LogP contribution in [0.3, 0.4) is 0 Å². The van der Waals surface area contributed by atoms with Crippen molar-refractivity contribution >= 4 is 21.8 Å². The van der Waals surface area contributed by atoms with Crippen molar-refractivity contribution in [3.8, 4) is 5.75 Å². The van der Waals surface area contributed by atoms with Crippen molar-refractivity contribution in [2.45, 2.75) is 32.3 Å². The number of nitrogens with one attached hydrogen (secondary N) is 1. The van der Waals surface area contributed by atoms with Gasteiger partial charge in [-0.1, -0.05) is 28.8 Å². The summed E-state index contributed by atoms with van der Waals surface area (Å²) >= 11 is 3.53. The average Bonchev–Trinajstić information content (AvgIpc) is 2.94. The Labute approximate surface area is 131 Å². The number of carbonyl (C=O) groups is 1. The summed E-state index contributed by atoms with van der Waals surface area (Å²) in [6.45, 7) is -2.22. The van der Waals surface area contributed by atoms with Crippen LogP contribution in [0, 0.1) is 5.41 Å². The van der Waals surface area contributed by atoms with Crippen LogP contribution in [0.15, 0.2) is 24.3 Å². The van der Waals surface area contributed by atoms with Gasteiger partial charge in [-0.15, -0.1) is 0 Å². The van der Waals surface area contributed by atoms with E-state index in [0.717, 1.165) is 18.2 Å². The minimum Gasteiger partial charge on any atom is -0.435 e. The minimum absolute atomic E-state index is 0.0503. The lowest BCUT2D eigenvalue weighted by Gasteiger charge is -2.26. The summed E-state index contributed by atoms with van der Waals surface area (Å²) in [6, 6.07) is 5.72. The summed E-state index contributed by atoms with van der Waals surface area (Å²) in [4.78, 5) is 12.1. The monoisotopic (exact) mass is 361 g/mol. The Balaban J connectivity index is 1.91. The second-order valence-corrected chi connectivity index (χ2v) is 5.99. The number of carbonyl (C=O) groups excluding carboxylic acids is 1. The molecule has 1 amide bonds. The molecule has 0 spiro atoms. The van der Waals surface area contributed by atoms with Gasteiger partial charge in [0, 0.05) is 17.4 Å². The lowest BCUT2D eigenvalue weighted by atomic mass is 9.89. The number of ether oxygens (including phenoxy) is 1. The van der Waals surface area contributed by atoms with Gasteiger partial charge in [-0.2, -0.15) is 8.78 Å². The summed E-state index contributed by atoms with van der Waals surface area (Å²) < 4.78 is 28.3. The number of hydrogen-bond acceptors (Lipinski definition) is 2. The van der Waals surface area contributed by atoms with Crippen LogP contribution in [0.1, 0.15) is 36.0 Å². The van der Waals surface area contributed by atoms with Crippen LogP contribution in [0.4, 0.5) is 8.78 Å². The van der Waals surface area contributed by atoms with Gasteiger partial charge < -0.3 is 10.1 Å². The molecule has 116 valence electrons. The Bertz CT molecular complexity index is 473. The number of benzene rings is 1. The molecule has 0 atom stereocenters. The molecule has 0 bridgehead atoms. The van der Waals surface area contributed by atoms with Gasteiger partial charge in [0.15, 0.2) is 0 Å². The molecule has 0 saturated heterocycles. The van der Waals surface area contributed by atoms with Crippen molar-refractivity contribution in [1.82, 2.24) is 5.32 Å². The lowest BCUT2D eigenvalue weighted by molar-refractivity contribution is -0.0498. The van der Waals surface area contributed by atoms with Gasteiger partial charge in [0.2, 0.25) is 0 Å². The first kappa shape index (κ1) is 16.2. The fraction of sp³-hybridized carbons (Fsp3) is 0.533. The molecule has 6 heteroatoms. The summed E-state index contributed by atoms with van der Waals surface area (Å²) in [5, 5.41) is 3.81. The maximum atomic E-state index is 12.1. The fourth-order valence-electron chi connectivity index (χ4n) is 2.64. The third-order valence-electron chi connectivity index (χ3n) is 3.91. The summed E-state index contributed by atoms with van der Waals surface area (Å²) in [5.41, 5.74) is 0.591. The average molecular weight is 362 g/mol. The molecule has 1 saturated carbocycles. The zero-order valence-corrected chi connectivity index (χ0v) is 13.2. The molecule has 3 nitrogen and oxygen atoms in total. The molecule has 2 rings (SSSR count). The predicted molar refractivity (Wildman–Crippen MR) is 80.1 cm³/mol. The van der Waals surface area contributed by atoms with Gasteiger partial charge in [-0.3, -0.25) is 4.79 Å². The zero-order valence-electron chi connectivity index (χ0n) is 11.6. The van der Waals surface area contributed by atoms with Crippen LogP contribution in [0.2, 0.25) is 0 Å². The molecule has 1 aliphatic rings. The van der Waals surface area contributed by atoms with Crippen LogP contribution in [-0.2, 0) is 0 Å². The largest absolute Gasteiger partial charge is 0.435 e. The van der Waals surface area contributed by atoms with Crippen molar-refractivity contribution < 1.29 is 18.3 Å². The Morgan fingerprint density at radius 1 is 1.29 bits per heavy atom. The van der Waals surface area contributed by atoms with Gasteiger partial charge in [-0.05, 0) is 42.5 Å². The van der Waals surface area contributed by atoms with Crippen LogP contribution in [0.5, 0.6) is 5.75 Å². The fourth-order valence-corrected chi connectivity index (χ4v) is 3.40. The van der Waals surface area contributed by atoms with E-state index >= 15 is 0 Å². The van der Waals surface area contributed by atoms with Crippen molar-refractivity contribution in [2.24, 2.45) is 5.41 Å². The highest BCUT2D eigenvalue weighted by atomic mass is 79.9. The standard InChI is InChI=1S/C15H18BrF2NO2/c16-9-15(7-1-2-8-15)10-19-13(20)11-3-5-12(6-4-11)21-14(17)18/h3-6,14H,1-2,7-10H2,(H,19,20). The molecule has 1 aliphatic carbocycles. The van der Waals surface area contributed by atoms with Crippen LogP contribution < -0.4 is 10.1 Å². The molecule has 0 heterocycles. The van der Waals surface area contributed by atoms with E-state index in [1.165, 1.54) is 37.1 Å². The summed E-state index contributed by atoms with van der Waals surface area (Å²) in [6.07, 6.45) is 4.61. The first-order valence-electron chi connectivity index (χ1n) is 6.94. The maximum absolute atomic E-state index is 12.1. The Morgan fingerprint density at radius 2 is 1.90 bits per heavy atom. The molecule has 1 N–H and O–H groups in total. The van der Waals surface area contributed by atoms with E-state index in [1.54, 1.807) is 0 Å². The molecule has 1 aromatic carbocycles. The van der Waals surface area contributed by atoms with Gasteiger partial charge in [-0.25, -0.2) is 0 Å². The van der Waals surface area contributed by atoms with E-state index in [0.29, 0.717) is 12.1 Å². The molecule has 1 aromatic rings. The SMILES string of the molecule is O=C(NCC1(CBr)CCCC1)c1ccc(OC(F)F)cc1. The second kappa shape index (κ2) is 7.20. The smallest absolute Gasteiger partial charge is 0.387 e. The third kappa shape index (κ3) is 4.40. The van der Waals surface area contributed by atoms with Crippen LogP contribution in [-0.4, -0.2) is 24.4 Å². The number of halogens is 3. The van der Waals surface area contributed by atoms with Crippen molar-refractivity contribution in [3.63, 3.8) is 0 Å². The van der Waals surface area contributed by atoms with Gasteiger partial charge in [0.25, 0.3) is 5.91 Å². The molecule has 0 unspecified atom stereocenters. The maximum Gasteiger partial charge on any atom is 0.387 e. The van der Waals surface area contributed by atoms with Crippen LogP contribution >= 0.6 is 15.9 Å². The molecule has 1 fully saturated rings. The van der Waals surface area contributed by atoms with Crippen molar-refractivity contribution in [3.05, 3.63) is 29.8 Å². The quantitative estimate of drug-likeness (QED) is 0.778. The topological polar surface area (TPSA) is 38.3 Å². The Kier molecular flexibility index (Phi) is 5.56. The molecule has 0 radical (unpaired) electrons.